The molecule has 0 saturated carbocycles. The van der Waals surface area contributed by atoms with Gasteiger partial charge in [-0.15, -0.1) is 0 Å². The summed E-state index contributed by atoms with van der Waals surface area (Å²) in [6.07, 6.45) is 0. The van der Waals surface area contributed by atoms with Gasteiger partial charge < -0.3 is 10.1 Å². The molecule has 0 radical (unpaired) electrons. The topological polar surface area (TPSA) is 24.5 Å². The van der Waals surface area contributed by atoms with Gasteiger partial charge in [0, 0.05) is 12.6 Å². The third-order valence-electron chi connectivity index (χ3n) is 3.68. The molecular weight excluding hydrogens is 224 g/mol. The van der Waals surface area contributed by atoms with Crippen molar-refractivity contribution in [3.05, 3.63) is 35.9 Å². The molecule has 2 rings (SSSR count). The molecule has 1 unspecified atom stereocenters. The Morgan fingerprint density at radius 2 is 1.89 bits per heavy atom. The van der Waals surface area contributed by atoms with Crippen LogP contribution >= 0.6 is 0 Å². The summed E-state index contributed by atoms with van der Waals surface area (Å²) < 4.78 is 5.21. The maximum atomic E-state index is 5.21. The molecule has 1 N–H and O–H groups in total. The minimum absolute atomic E-state index is 0.460. The Kier molecular flexibility index (Phi) is 5.17. The summed E-state index contributed by atoms with van der Waals surface area (Å²) in [5.41, 5.74) is 1.40. The Hall–Kier alpha value is -0.900. The molecular formula is C15H24N2O. The van der Waals surface area contributed by atoms with Gasteiger partial charge in [0.2, 0.25) is 0 Å². The largest absolute Gasteiger partial charge is 0.378 e. The summed E-state index contributed by atoms with van der Waals surface area (Å²) in [5.74, 6) is 0. The molecule has 0 aliphatic carbocycles. The van der Waals surface area contributed by atoms with E-state index in [1.54, 1.807) is 0 Å². The molecule has 1 aliphatic heterocycles. The quantitative estimate of drug-likeness (QED) is 0.799. The summed E-state index contributed by atoms with van der Waals surface area (Å²) in [6.45, 7) is 9.34. The van der Waals surface area contributed by atoms with E-state index in [9.17, 15) is 0 Å². The van der Waals surface area contributed by atoms with Crippen LogP contribution in [-0.4, -0.2) is 43.8 Å². The maximum Gasteiger partial charge on any atom is 0.0643 e. The predicted molar refractivity (Wildman–Crippen MR) is 74.7 cm³/mol. The van der Waals surface area contributed by atoms with Gasteiger partial charge in [-0.1, -0.05) is 44.2 Å². The third-order valence-corrected chi connectivity index (χ3v) is 3.68. The number of hydrogen-bond acceptors (Lipinski definition) is 3. The normalized spacial score (nSPS) is 17.7. The van der Waals surface area contributed by atoms with Crippen LogP contribution in [0.3, 0.4) is 0 Å². The third kappa shape index (κ3) is 3.31. The molecule has 100 valence electrons. The first-order valence-electron chi connectivity index (χ1n) is 6.95. The monoisotopic (exact) mass is 248 g/mol. The van der Waals surface area contributed by atoms with E-state index in [0.717, 1.165) is 32.8 Å². The Morgan fingerprint density at radius 1 is 1.22 bits per heavy atom. The van der Waals surface area contributed by atoms with E-state index in [1.165, 1.54) is 5.56 Å². The van der Waals surface area contributed by atoms with E-state index < -0.39 is 0 Å². The van der Waals surface area contributed by atoms with Crippen LogP contribution in [-0.2, 0) is 4.74 Å². The van der Waals surface area contributed by atoms with Gasteiger partial charge in [-0.05, 0) is 18.7 Å². The first-order valence-corrected chi connectivity index (χ1v) is 6.95. The molecule has 18 heavy (non-hydrogen) atoms. The highest BCUT2D eigenvalue weighted by atomic mass is 16.5. The lowest BCUT2D eigenvalue weighted by Gasteiger charge is -2.34. The highest BCUT2D eigenvalue weighted by molar-refractivity contribution is 5.19. The standard InChI is InChI=1S/C15H24N2O/c1-3-17(4-2)15(10-16-14-11-18-12-14)13-8-6-5-7-9-13/h5-9,14-16H,3-4,10-12H2,1-2H3. The minimum Gasteiger partial charge on any atom is -0.378 e. The second kappa shape index (κ2) is 6.88. The fourth-order valence-electron chi connectivity index (χ4n) is 2.43. The van der Waals surface area contributed by atoms with Gasteiger partial charge in [-0.2, -0.15) is 0 Å². The first-order chi connectivity index (χ1) is 8.85. The molecule has 3 nitrogen and oxygen atoms in total. The van der Waals surface area contributed by atoms with Crippen LogP contribution in [0.5, 0.6) is 0 Å². The molecule has 1 aromatic carbocycles. The lowest BCUT2D eigenvalue weighted by Crippen LogP contribution is -2.49. The van der Waals surface area contributed by atoms with Crippen molar-refractivity contribution in [3.8, 4) is 0 Å². The first kappa shape index (κ1) is 13.5. The summed E-state index contributed by atoms with van der Waals surface area (Å²) in [7, 11) is 0. The van der Waals surface area contributed by atoms with Gasteiger partial charge in [0.25, 0.3) is 0 Å². The van der Waals surface area contributed by atoms with Gasteiger partial charge in [0.1, 0.15) is 0 Å². The number of hydrogen-bond donors (Lipinski definition) is 1. The lowest BCUT2D eigenvalue weighted by atomic mass is 10.0. The van der Waals surface area contributed by atoms with E-state index in [-0.39, 0.29) is 0 Å². The fourth-order valence-corrected chi connectivity index (χ4v) is 2.43. The van der Waals surface area contributed by atoms with Crippen LogP contribution in [0.2, 0.25) is 0 Å². The Bertz CT molecular complexity index is 334. The van der Waals surface area contributed by atoms with Gasteiger partial charge in [-0.25, -0.2) is 0 Å². The molecule has 1 atom stereocenters. The second-order valence-corrected chi connectivity index (χ2v) is 4.79. The summed E-state index contributed by atoms with van der Waals surface area (Å²) >= 11 is 0. The zero-order valence-electron chi connectivity index (χ0n) is 11.4. The number of likely N-dealkylation sites (N-methyl/N-ethyl adjacent to an activating group) is 1. The van der Waals surface area contributed by atoms with Crippen molar-refractivity contribution in [2.24, 2.45) is 0 Å². The van der Waals surface area contributed by atoms with Crippen LogP contribution < -0.4 is 5.32 Å². The molecule has 1 heterocycles. The Balaban J connectivity index is 2.01. The van der Waals surface area contributed by atoms with Crippen molar-refractivity contribution in [1.29, 1.82) is 0 Å². The van der Waals surface area contributed by atoms with Crippen LogP contribution in [0.4, 0.5) is 0 Å². The molecule has 1 aromatic rings. The van der Waals surface area contributed by atoms with Crippen molar-refractivity contribution in [2.45, 2.75) is 25.9 Å². The van der Waals surface area contributed by atoms with E-state index in [1.807, 2.05) is 0 Å². The van der Waals surface area contributed by atoms with Crippen LogP contribution in [0.15, 0.2) is 30.3 Å². The fraction of sp³-hybridized carbons (Fsp3) is 0.600. The van der Waals surface area contributed by atoms with Crippen molar-refractivity contribution in [2.75, 3.05) is 32.8 Å². The van der Waals surface area contributed by atoms with Crippen molar-refractivity contribution >= 4 is 0 Å². The minimum atomic E-state index is 0.460. The lowest BCUT2D eigenvalue weighted by molar-refractivity contribution is -0.00789. The van der Waals surface area contributed by atoms with Gasteiger partial charge in [-0.3, -0.25) is 4.90 Å². The number of nitrogens with zero attached hydrogens (tertiary/aromatic N) is 1. The number of benzene rings is 1. The zero-order valence-corrected chi connectivity index (χ0v) is 11.4. The van der Waals surface area contributed by atoms with Crippen molar-refractivity contribution < 1.29 is 4.74 Å². The molecule has 0 bridgehead atoms. The Morgan fingerprint density at radius 3 is 2.39 bits per heavy atom. The average molecular weight is 248 g/mol. The van der Waals surface area contributed by atoms with E-state index in [2.05, 4.69) is 54.4 Å². The molecule has 0 spiro atoms. The van der Waals surface area contributed by atoms with Gasteiger partial charge in [0.15, 0.2) is 0 Å². The smallest absolute Gasteiger partial charge is 0.0643 e. The zero-order chi connectivity index (χ0) is 12.8. The molecule has 1 aliphatic rings. The highest BCUT2D eigenvalue weighted by Gasteiger charge is 2.22. The highest BCUT2D eigenvalue weighted by Crippen LogP contribution is 2.20. The molecule has 1 saturated heterocycles. The summed E-state index contributed by atoms with van der Waals surface area (Å²) in [6, 6.07) is 11.8. The second-order valence-electron chi connectivity index (χ2n) is 4.79. The average Bonchev–Trinajstić information content (AvgIpc) is 2.37. The van der Waals surface area contributed by atoms with E-state index in [4.69, 9.17) is 4.74 Å². The number of rotatable bonds is 7. The van der Waals surface area contributed by atoms with Crippen LogP contribution in [0.25, 0.3) is 0 Å². The molecule has 0 amide bonds. The van der Waals surface area contributed by atoms with E-state index in [0.29, 0.717) is 12.1 Å². The predicted octanol–water partition coefficient (Wildman–Crippen LogP) is 2.06. The number of ether oxygens (including phenoxy) is 1. The summed E-state index contributed by atoms with van der Waals surface area (Å²) in [5, 5.41) is 3.60. The van der Waals surface area contributed by atoms with Crippen LogP contribution in [0.1, 0.15) is 25.5 Å². The summed E-state index contributed by atoms with van der Waals surface area (Å²) in [4.78, 5) is 2.50. The number of nitrogens with one attached hydrogen (secondary N) is 1. The molecule has 1 fully saturated rings. The Labute approximate surface area is 110 Å². The molecule has 3 heteroatoms. The van der Waals surface area contributed by atoms with Gasteiger partial charge >= 0.3 is 0 Å². The molecule has 0 aromatic heterocycles. The van der Waals surface area contributed by atoms with Crippen molar-refractivity contribution in [1.82, 2.24) is 10.2 Å². The van der Waals surface area contributed by atoms with E-state index >= 15 is 0 Å². The van der Waals surface area contributed by atoms with Crippen LogP contribution in [0, 0.1) is 0 Å². The maximum absolute atomic E-state index is 5.21. The van der Waals surface area contributed by atoms with Crippen molar-refractivity contribution in [3.63, 3.8) is 0 Å². The van der Waals surface area contributed by atoms with Gasteiger partial charge in [0.05, 0.1) is 19.3 Å². The SMILES string of the molecule is CCN(CC)C(CNC1COC1)c1ccccc1.